The smallest absolute Gasteiger partial charge is 0.243 e. The molecule has 0 spiro atoms. The maximum absolute atomic E-state index is 12.7. The largest absolute Gasteiger partial charge is 0.333 e. The molecule has 0 N–H and O–H groups in total. The Hall–Kier alpha value is -1.66. The minimum absolute atomic E-state index is 0.336. The topological polar surface area (TPSA) is 55.2 Å². The number of hydrogen-bond acceptors (Lipinski definition) is 3. The zero-order valence-corrected chi connectivity index (χ0v) is 12.4. The lowest BCUT2D eigenvalue weighted by Gasteiger charge is -2.27. The van der Waals surface area contributed by atoms with Gasteiger partial charge >= 0.3 is 0 Å². The molecule has 0 saturated heterocycles. The fourth-order valence-corrected chi connectivity index (χ4v) is 3.85. The summed E-state index contributed by atoms with van der Waals surface area (Å²) in [6.45, 7) is 5.38. The van der Waals surface area contributed by atoms with Crippen molar-refractivity contribution in [1.29, 1.82) is 0 Å². The average molecular weight is 291 g/mol. The highest BCUT2D eigenvalue weighted by Gasteiger charge is 2.28. The number of rotatable bonds is 2. The van der Waals surface area contributed by atoms with Crippen LogP contribution in [0.3, 0.4) is 0 Å². The molecule has 1 aromatic heterocycles. The summed E-state index contributed by atoms with van der Waals surface area (Å²) in [4.78, 5) is 4.56. The summed E-state index contributed by atoms with van der Waals surface area (Å²) in [6, 6.07) is 5.28. The summed E-state index contributed by atoms with van der Waals surface area (Å²) in [5.41, 5.74) is 2.09. The van der Waals surface area contributed by atoms with E-state index in [0.29, 0.717) is 24.5 Å². The van der Waals surface area contributed by atoms with Gasteiger partial charge in [0.25, 0.3) is 0 Å². The first-order valence-corrected chi connectivity index (χ1v) is 8.00. The van der Waals surface area contributed by atoms with Crippen molar-refractivity contribution in [2.24, 2.45) is 0 Å². The number of fused-ring (bicyclic) bond motifs is 1. The van der Waals surface area contributed by atoms with Crippen LogP contribution in [0.5, 0.6) is 0 Å². The third-order valence-electron chi connectivity index (χ3n) is 3.83. The fraction of sp³-hybridized carbons (Fsp3) is 0.357. The summed E-state index contributed by atoms with van der Waals surface area (Å²) in [5, 5.41) is 0. The molecule has 1 aliphatic heterocycles. The third-order valence-corrected chi connectivity index (χ3v) is 5.67. The van der Waals surface area contributed by atoms with E-state index in [1.165, 1.54) is 4.31 Å². The number of nitrogens with zero attached hydrogens (tertiary/aromatic N) is 3. The Morgan fingerprint density at radius 3 is 2.70 bits per heavy atom. The van der Waals surface area contributed by atoms with Crippen molar-refractivity contribution < 1.29 is 8.42 Å². The maximum atomic E-state index is 12.7. The molecule has 0 radical (unpaired) electrons. The number of sulfonamides is 1. The fourth-order valence-electron chi connectivity index (χ4n) is 2.38. The predicted octanol–water partition coefficient (Wildman–Crippen LogP) is 1.70. The van der Waals surface area contributed by atoms with Crippen molar-refractivity contribution in [1.82, 2.24) is 13.9 Å². The van der Waals surface area contributed by atoms with Crippen LogP contribution < -0.4 is 0 Å². The van der Waals surface area contributed by atoms with Crippen LogP contribution in [0.1, 0.15) is 17.0 Å². The van der Waals surface area contributed by atoms with Crippen LogP contribution in [0, 0.1) is 13.8 Å². The van der Waals surface area contributed by atoms with Gasteiger partial charge in [-0.2, -0.15) is 4.31 Å². The van der Waals surface area contributed by atoms with Gasteiger partial charge in [-0.15, -0.1) is 0 Å². The van der Waals surface area contributed by atoms with Gasteiger partial charge in [-0.3, -0.25) is 0 Å². The Bertz CT molecular complexity index is 750. The van der Waals surface area contributed by atoms with Crippen LogP contribution in [0.15, 0.2) is 35.5 Å². The summed E-state index contributed by atoms with van der Waals surface area (Å²) in [7, 11) is -3.44. The Balaban J connectivity index is 1.95. The molecule has 2 heterocycles. The lowest BCUT2D eigenvalue weighted by molar-refractivity contribution is 0.335. The Labute approximate surface area is 118 Å². The first-order valence-electron chi connectivity index (χ1n) is 6.56. The summed E-state index contributed by atoms with van der Waals surface area (Å²) in [6.07, 6.45) is 3.59. The molecule has 106 valence electrons. The van der Waals surface area contributed by atoms with E-state index >= 15 is 0 Å². The second-order valence-corrected chi connectivity index (χ2v) is 7.06. The Morgan fingerprint density at radius 2 is 1.95 bits per heavy atom. The SMILES string of the molecule is Cc1ccc(S(=O)(=O)N2CCn3ccnc3C2)cc1C. The molecular formula is C14H17N3O2S. The molecule has 5 nitrogen and oxygen atoms in total. The van der Waals surface area contributed by atoms with E-state index in [1.54, 1.807) is 18.3 Å². The van der Waals surface area contributed by atoms with E-state index in [2.05, 4.69) is 4.98 Å². The van der Waals surface area contributed by atoms with E-state index in [4.69, 9.17) is 0 Å². The van der Waals surface area contributed by atoms with Gasteiger partial charge in [0.15, 0.2) is 0 Å². The molecule has 6 heteroatoms. The predicted molar refractivity (Wildman–Crippen MR) is 75.7 cm³/mol. The Morgan fingerprint density at radius 1 is 1.15 bits per heavy atom. The van der Waals surface area contributed by atoms with E-state index in [9.17, 15) is 8.42 Å². The molecule has 0 unspecified atom stereocenters. The van der Waals surface area contributed by atoms with Gasteiger partial charge in [0.05, 0.1) is 11.4 Å². The number of hydrogen-bond donors (Lipinski definition) is 0. The molecule has 1 aromatic carbocycles. The average Bonchev–Trinajstić information content (AvgIpc) is 2.89. The van der Waals surface area contributed by atoms with Crippen molar-refractivity contribution >= 4 is 10.0 Å². The van der Waals surface area contributed by atoms with Crippen molar-refractivity contribution in [3.8, 4) is 0 Å². The van der Waals surface area contributed by atoms with Gasteiger partial charge in [-0.1, -0.05) is 6.07 Å². The van der Waals surface area contributed by atoms with Gasteiger partial charge in [-0.05, 0) is 37.1 Å². The quantitative estimate of drug-likeness (QED) is 0.846. The maximum Gasteiger partial charge on any atom is 0.243 e. The van der Waals surface area contributed by atoms with Crippen molar-refractivity contribution in [2.45, 2.75) is 31.8 Å². The second-order valence-electron chi connectivity index (χ2n) is 5.12. The van der Waals surface area contributed by atoms with E-state index in [0.717, 1.165) is 17.0 Å². The molecule has 0 atom stereocenters. The van der Waals surface area contributed by atoms with E-state index < -0.39 is 10.0 Å². The molecule has 2 aromatic rings. The molecule has 0 amide bonds. The van der Waals surface area contributed by atoms with Crippen molar-refractivity contribution in [2.75, 3.05) is 6.54 Å². The lowest BCUT2D eigenvalue weighted by Crippen LogP contribution is -2.38. The standard InChI is InChI=1S/C14H17N3O2S/c1-11-3-4-13(9-12(11)2)20(18,19)17-8-7-16-6-5-15-14(16)10-17/h3-6,9H,7-8,10H2,1-2H3. The van der Waals surface area contributed by atoms with Crippen LogP contribution in [0.25, 0.3) is 0 Å². The van der Waals surface area contributed by atoms with Crippen LogP contribution >= 0.6 is 0 Å². The zero-order valence-electron chi connectivity index (χ0n) is 11.6. The molecule has 0 saturated carbocycles. The number of aryl methyl sites for hydroxylation is 2. The van der Waals surface area contributed by atoms with Crippen molar-refractivity contribution in [3.05, 3.63) is 47.5 Å². The first kappa shape index (κ1) is 13.3. The molecule has 0 aliphatic carbocycles. The molecule has 20 heavy (non-hydrogen) atoms. The molecule has 0 bridgehead atoms. The summed E-state index contributed by atoms with van der Waals surface area (Å²) in [5.74, 6) is 0.795. The molecule has 0 fully saturated rings. The third kappa shape index (κ3) is 2.14. The molecular weight excluding hydrogens is 274 g/mol. The number of benzene rings is 1. The van der Waals surface area contributed by atoms with E-state index in [1.807, 2.05) is 30.7 Å². The zero-order chi connectivity index (χ0) is 14.3. The highest BCUT2D eigenvalue weighted by atomic mass is 32.2. The monoisotopic (exact) mass is 291 g/mol. The summed E-state index contributed by atoms with van der Waals surface area (Å²) >= 11 is 0. The number of imidazole rings is 1. The molecule has 3 rings (SSSR count). The Kier molecular flexibility index (Phi) is 3.14. The minimum atomic E-state index is -3.44. The first-order chi connectivity index (χ1) is 9.48. The lowest BCUT2D eigenvalue weighted by atomic mass is 10.1. The van der Waals surface area contributed by atoms with Crippen LogP contribution in [-0.2, 0) is 23.1 Å². The van der Waals surface area contributed by atoms with Crippen LogP contribution in [0.2, 0.25) is 0 Å². The minimum Gasteiger partial charge on any atom is -0.333 e. The van der Waals surface area contributed by atoms with Gasteiger partial charge in [0.1, 0.15) is 5.82 Å². The van der Waals surface area contributed by atoms with Gasteiger partial charge in [0, 0.05) is 25.5 Å². The van der Waals surface area contributed by atoms with Gasteiger partial charge in [0.2, 0.25) is 10.0 Å². The normalized spacial score (nSPS) is 16.1. The van der Waals surface area contributed by atoms with E-state index in [-0.39, 0.29) is 0 Å². The van der Waals surface area contributed by atoms with Gasteiger partial charge < -0.3 is 4.57 Å². The van der Waals surface area contributed by atoms with Crippen LogP contribution in [-0.4, -0.2) is 28.8 Å². The van der Waals surface area contributed by atoms with Crippen molar-refractivity contribution in [3.63, 3.8) is 0 Å². The highest BCUT2D eigenvalue weighted by Crippen LogP contribution is 2.22. The van der Waals surface area contributed by atoms with Crippen LogP contribution in [0.4, 0.5) is 0 Å². The van der Waals surface area contributed by atoms with Gasteiger partial charge in [-0.25, -0.2) is 13.4 Å². The number of aromatic nitrogens is 2. The second kappa shape index (κ2) is 4.71. The summed E-state index contributed by atoms with van der Waals surface area (Å²) < 4.78 is 28.8. The highest BCUT2D eigenvalue weighted by molar-refractivity contribution is 7.89. The molecule has 1 aliphatic rings.